The Bertz CT molecular complexity index is 1170. The molecule has 9 heteroatoms. The minimum atomic E-state index is -0.0746. The van der Waals surface area contributed by atoms with Crippen LogP contribution in [0.4, 0.5) is 5.82 Å². The molecule has 1 fully saturated rings. The van der Waals surface area contributed by atoms with Gasteiger partial charge in [-0.3, -0.25) is 9.79 Å². The van der Waals surface area contributed by atoms with Gasteiger partial charge in [-0.1, -0.05) is 11.6 Å². The number of aliphatic imine (C=N–C) groups is 1. The Hall–Kier alpha value is -3.39. The van der Waals surface area contributed by atoms with Gasteiger partial charge in [0, 0.05) is 43.2 Å². The van der Waals surface area contributed by atoms with Crippen molar-refractivity contribution in [2.75, 3.05) is 25.5 Å². The third-order valence-corrected chi connectivity index (χ3v) is 5.72. The van der Waals surface area contributed by atoms with Gasteiger partial charge in [0.25, 0.3) is 5.91 Å². The maximum atomic E-state index is 12.8. The number of nitrogens with zero attached hydrogens (tertiary/aromatic N) is 4. The van der Waals surface area contributed by atoms with Gasteiger partial charge in [0.05, 0.1) is 16.1 Å². The largest absolute Gasteiger partial charge is 0.508 e. The van der Waals surface area contributed by atoms with Crippen LogP contribution in [0.15, 0.2) is 41.7 Å². The molecule has 31 heavy (non-hydrogen) atoms. The second-order valence-corrected chi connectivity index (χ2v) is 7.78. The van der Waals surface area contributed by atoms with E-state index in [2.05, 4.69) is 20.3 Å². The Kier molecular flexibility index (Phi) is 5.90. The van der Waals surface area contributed by atoms with Crippen LogP contribution < -0.4 is 11.1 Å². The minimum absolute atomic E-state index is 0.0746. The van der Waals surface area contributed by atoms with Crippen molar-refractivity contribution in [1.82, 2.24) is 14.9 Å². The number of phenolic OH excluding ortho intramolecular Hbond substituents is 1. The molecule has 3 aromatic rings. The Morgan fingerprint density at radius 1 is 1.26 bits per heavy atom. The monoisotopic (exact) mass is 438 g/mol. The standard InChI is InChI=1S/C22H23ClN6O2/c1-25-20(24)13-4-5-19(30)14(8-13)11-26-21-16-9-17(23)15(10-18(16)27-12-28-21)22(31)29-6-2-3-7-29/h4-5,8-10,12,30H,2-3,6-7,11H2,1H3,(H2,24,25)(H,26,27,28). The maximum Gasteiger partial charge on any atom is 0.255 e. The van der Waals surface area contributed by atoms with Crippen LogP contribution in [0.1, 0.15) is 34.3 Å². The van der Waals surface area contributed by atoms with Gasteiger partial charge in [-0.15, -0.1) is 0 Å². The molecule has 0 radical (unpaired) electrons. The lowest BCUT2D eigenvalue weighted by molar-refractivity contribution is 0.0793. The van der Waals surface area contributed by atoms with Gasteiger partial charge in [-0.05, 0) is 43.2 Å². The first kappa shape index (κ1) is 20.9. The second-order valence-electron chi connectivity index (χ2n) is 7.38. The number of hydrogen-bond acceptors (Lipinski definition) is 6. The second kappa shape index (κ2) is 8.77. The summed E-state index contributed by atoms with van der Waals surface area (Å²) in [5.74, 6) is 0.995. The molecule has 0 atom stereocenters. The van der Waals surface area contributed by atoms with Gasteiger partial charge in [-0.2, -0.15) is 0 Å². The number of likely N-dealkylation sites (tertiary alicyclic amines) is 1. The number of aromatic nitrogens is 2. The Morgan fingerprint density at radius 3 is 2.77 bits per heavy atom. The zero-order valence-electron chi connectivity index (χ0n) is 17.1. The molecule has 8 nitrogen and oxygen atoms in total. The lowest BCUT2D eigenvalue weighted by Crippen LogP contribution is -2.27. The van der Waals surface area contributed by atoms with Crippen LogP contribution in [-0.2, 0) is 6.54 Å². The number of aromatic hydroxyl groups is 1. The quantitative estimate of drug-likeness (QED) is 0.416. The minimum Gasteiger partial charge on any atom is -0.508 e. The van der Waals surface area contributed by atoms with Crippen LogP contribution in [0.2, 0.25) is 5.02 Å². The Labute approximate surface area is 184 Å². The number of carbonyl (C=O) groups is 1. The van der Waals surface area contributed by atoms with Crippen LogP contribution in [0.25, 0.3) is 10.9 Å². The number of hydrogen-bond donors (Lipinski definition) is 3. The molecule has 1 saturated heterocycles. The molecule has 0 saturated carbocycles. The summed E-state index contributed by atoms with van der Waals surface area (Å²) in [4.78, 5) is 27.2. The summed E-state index contributed by atoms with van der Waals surface area (Å²) in [6.45, 7) is 1.80. The average molecular weight is 439 g/mol. The fourth-order valence-electron chi connectivity index (χ4n) is 3.67. The van der Waals surface area contributed by atoms with E-state index in [4.69, 9.17) is 17.3 Å². The molecule has 2 aromatic carbocycles. The molecule has 0 spiro atoms. The van der Waals surface area contributed by atoms with Crippen LogP contribution in [0.5, 0.6) is 5.75 Å². The van der Waals surface area contributed by atoms with Crippen LogP contribution in [-0.4, -0.2) is 51.9 Å². The van der Waals surface area contributed by atoms with Crippen molar-refractivity contribution in [3.05, 3.63) is 58.4 Å². The number of nitrogens with one attached hydrogen (secondary N) is 1. The number of carbonyl (C=O) groups excluding carboxylic acids is 1. The number of rotatable bonds is 5. The van der Waals surface area contributed by atoms with Crippen molar-refractivity contribution in [3.63, 3.8) is 0 Å². The fourth-order valence-corrected chi connectivity index (χ4v) is 3.91. The van der Waals surface area contributed by atoms with Crippen molar-refractivity contribution in [1.29, 1.82) is 0 Å². The SMILES string of the molecule is C/N=C(/N)c1ccc(O)c(CNc2ncnc3cc(C(=O)N4CCCC4)c(Cl)cc23)c1. The molecule has 160 valence electrons. The summed E-state index contributed by atoms with van der Waals surface area (Å²) >= 11 is 6.46. The highest BCUT2D eigenvalue weighted by Gasteiger charge is 2.22. The molecule has 1 aliphatic rings. The molecule has 0 aliphatic carbocycles. The topological polar surface area (TPSA) is 117 Å². The lowest BCUT2D eigenvalue weighted by Gasteiger charge is -2.17. The summed E-state index contributed by atoms with van der Waals surface area (Å²) in [5, 5.41) is 14.5. The number of amides is 1. The molecular weight excluding hydrogens is 416 g/mol. The molecule has 1 amide bonds. The number of phenols is 1. The number of anilines is 1. The first-order valence-corrected chi connectivity index (χ1v) is 10.4. The highest BCUT2D eigenvalue weighted by molar-refractivity contribution is 6.34. The molecule has 1 aliphatic heterocycles. The summed E-state index contributed by atoms with van der Waals surface area (Å²) in [6, 6.07) is 8.48. The predicted molar refractivity (Wildman–Crippen MR) is 122 cm³/mol. The predicted octanol–water partition coefficient (Wildman–Crippen LogP) is 3.17. The Balaban J connectivity index is 1.62. The van der Waals surface area contributed by atoms with E-state index in [0.29, 0.717) is 45.3 Å². The highest BCUT2D eigenvalue weighted by Crippen LogP contribution is 2.29. The number of benzene rings is 2. The van der Waals surface area contributed by atoms with E-state index in [0.717, 1.165) is 31.5 Å². The first-order chi connectivity index (χ1) is 15.0. The highest BCUT2D eigenvalue weighted by atomic mass is 35.5. The zero-order valence-corrected chi connectivity index (χ0v) is 17.9. The van der Waals surface area contributed by atoms with Crippen molar-refractivity contribution < 1.29 is 9.90 Å². The number of nitrogens with two attached hydrogens (primary N) is 1. The maximum absolute atomic E-state index is 12.8. The summed E-state index contributed by atoms with van der Waals surface area (Å²) in [6.07, 6.45) is 3.45. The van der Waals surface area contributed by atoms with Crippen molar-refractivity contribution in [2.24, 2.45) is 10.7 Å². The molecule has 1 aromatic heterocycles. The number of fused-ring (bicyclic) bond motifs is 1. The average Bonchev–Trinajstić information content (AvgIpc) is 3.32. The van der Waals surface area contributed by atoms with Crippen molar-refractivity contribution in [2.45, 2.75) is 19.4 Å². The van der Waals surface area contributed by atoms with Gasteiger partial charge in [0.2, 0.25) is 0 Å². The van der Waals surface area contributed by atoms with Gasteiger partial charge >= 0.3 is 0 Å². The van der Waals surface area contributed by atoms with E-state index in [1.807, 2.05) is 4.90 Å². The summed E-state index contributed by atoms with van der Waals surface area (Å²) in [7, 11) is 1.61. The van der Waals surface area contributed by atoms with E-state index in [1.54, 1.807) is 37.4 Å². The van der Waals surface area contributed by atoms with Gasteiger partial charge in [0.15, 0.2) is 0 Å². The number of halogens is 1. The van der Waals surface area contributed by atoms with E-state index in [-0.39, 0.29) is 11.7 Å². The molecule has 0 unspecified atom stereocenters. The molecular formula is C22H23ClN6O2. The van der Waals surface area contributed by atoms with Crippen LogP contribution in [0.3, 0.4) is 0 Å². The molecule has 4 rings (SSSR count). The third-order valence-electron chi connectivity index (χ3n) is 5.41. The fraction of sp³-hybridized carbons (Fsp3) is 0.273. The number of amidine groups is 1. The Morgan fingerprint density at radius 2 is 2.03 bits per heavy atom. The van der Waals surface area contributed by atoms with E-state index in [1.165, 1.54) is 6.33 Å². The lowest BCUT2D eigenvalue weighted by atomic mass is 10.1. The molecule has 4 N–H and O–H groups in total. The zero-order chi connectivity index (χ0) is 22.0. The van der Waals surface area contributed by atoms with Crippen molar-refractivity contribution >= 4 is 40.1 Å². The van der Waals surface area contributed by atoms with Gasteiger partial charge in [-0.25, -0.2) is 9.97 Å². The van der Waals surface area contributed by atoms with E-state index < -0.39 is 0 Å². The summed E-state index contributed by atoms with van der Waals surface area (Å²) in [5.41, 5.74) is 8.30. The van der Waals surface area contributed by atoms with Crippen molar-refractivity contribution in [3.8, 4) is 5.75 Å². The molecule has 2 heterocycles. The van der Waals surface area contributed by atoms with Crippen LogP contribution >= 0.6 is 11.6 Å². The van der Waals surface area contributed by atoms with Gasteiger partial charge in [0.1, 0.15) is 23.7 Å². The van der Waals surface area contributed by atoms with Gasteiger partial charge < -0.3 is 21.1 Å². The molecule has 0 bridgehead atoms. The normalized spacial score (nSPS) is 14.3. The van der Waals surface area contributed by atoms with E-state index >= 15 is 0 Å². The first-order valence-electron chi connectivity index (χ1n) is 10.00. The summed E-state index contributed by atoms with van der Waals surface area (Å²) < 4.78 is 0. The third kappa shape index (κ3) is 4.25. The van der Waals surface area contributed by atoms with Crippen LogP contribution in [0, 0.1) is 0 Å². The van der Waals surface area contributed by atoms with E-state index in [9.17, 15) is 9.90 Å². The smallest absolute Gasteiger partial charge is 0.255 e.